The van der Waals surface area contributed by atoms with Crippen LogP contribution in [0.2, 0.25) is 0 Å². The van der Waals surface area contributed by atoms with Gasteiger partial charge in [0.1, 0.15) is 17.4 Å². The van der Waals surface area contributed by atoms with Crippen LogP contribution >= 0.6 is 0 Å². The molecule has 28 heavy (non-hydrogen) atoms. The first-order chi connectivity index (χ1) is 13.3. The average molecular weight is 378 g/mol. The third kappa shape index (κ3) is 3.35. The maximum absolute atomic E-state index is 13.0. The number of hydrogen-bond acceptors (Lipinski definition) is 5. The van der Waals surface area contributed by atoms with Crippen LogP contribution in [0.1, 0.15) is 43.3 Å². The maximum Gasteiger partial charge on any atom is 0.244 e. The summed E-state index contributed by atoms with van der Waals surface area (Å²) >= 11 is 0. The molecule has 1 aliphatic carbocycles. The lowest BCUT2D eigenvalue weighted by Crippen LogP contribution is -2.48. The van der Waals surface area contributed by atoms with Crippen LogP contribution in [-0.4, -0.2) is 38.8 Å². The van der Waals surface area contributed by atoms with Crippen molar-refractivity contribution in [2.75, 3.05) is 11.4 Å². The zero-order valence-electron chi connectivity index (χ0n) is 16.9. The van der Waals surface area contributed by atoms with Crippen molar-refractivity contribution in [1.82, 2.24) is 20.1 Å². The topological polar surface area (TPSA) is 86.8 Å². The number of nitrogens with zero attached hydrogens (tertiary/aromatic N) is 5. The predicted octanol–water partition coefficient (Wildman–Crippen LogP) is 2.58. The van der Waals surface area contributed by atoms with Gasteiger partial charge in [-0.1, -0.05) is 6.92 Å². The van der Waals surface area contributed by atoms with Gasteiger partial charge in [-0.2, -0.15) is 10.4 Å². The molecule has 2 aromatic rings. The van der Waals surface area contributed by atoms with Gasteiger partial charge in [0.2, 0.25) is 5.91 Å². The van der Waals surface area contributed by atoms with E-state index in [1.165, 1.54) is 0 Å². The third-order valence-corrected chi connectivity index (χ3v) is 5.56. The van der Waals surface area contributed by atoms with Gasteiger partial charge in [-0.25, -0.2) is 4.68 Å². The van der Waals surface area contributed by atoms with Gasteiger partial charge in [-0.15, -0.1) is 0 Å². The number of nitriles is 1. The number of rotatable bonds is 4. The molecular weight excluding hydrogens is 352 g/mol. The lowest BCUT2D eigenvalue weighted by atomic mass is 10.1. The van der Waals surface area contributed by atoms with Crippen LogP contribution in [0, 0.1) is 38.0 Å². The minimum atomic E-state index is -0.649. The predicted molar refractivity (Wildman–Crippen MR) is 106 cm³/mol. The van der Waals surface area contributed by atoms with E-state index in [4.69, 9.17) is 5.10 Å². The molecule has 1 N–H and O–H groups in total. The summed E-state index contributed by atoms with van der Waals surface area (Å²) in [5.74, 6) is 1.24. The molecule has 1 aliphatic heterocycles. The summed E-state index contributed by atoms with van der Waals surface area (Å²) in [6, 6.07) is 8.00. The van der Waals surface area contributed by atoms with Gasteiger partial charge >= 0.3 is 0 Å². The first-order valence-corrected chi connectivity index (χ1v) is 9.82. The molecule has 0 unspecified atom stereocenters. The smallest absolute Gasteiger partial charge is 0.244 e. The summed E-state index contributed by atoms with van der Waals surface area (Å²) < 4.78 is 1.91. The molecule has 2 fully saturated rings. The highest BCUT2D eigenvalue weighted by molar-refractivity contribution is 5.87. The Kier molecular flexibility index (Phi) is 4.37. The molecule has 4 rings (SSSR count). The highest BCUT2D eigenvalue weighted by Crippen LogP contribution is 2.36. The van der Waals surface area contributed by atoms with Gasteiger partial charge in [0.05, 0.1) is 17.5 Å². The summed E-state index contributed by atoms with van der Waals surface area (Å²) in [7, 11) is 0. The molecule has 146 valence electrons. The van der Waals surface area contributed by atoms with E-state index in [1.54, 1.807) is 0 Å². The van der Waals surface area contributed by atoms with Crippen LogP contribution in [-0.2, 0) is 4.79 Å². The number of nitrogens with one attached hydrogen (secondary N) is 1. The summed E-state index contributed by atoms with van der Waals surface area (Å²) in [6.07, 6.45) is 2.25. The summed E-state index contributed by atoms with van der Waals surface area (Å²) in [4.78, 5) is 19.6. The fraction of sp³-hybridized carbons (Fsp3) is 0.524. The zero-order chi connectivity index (χ0) is 20.1. The number of anilines is 1. The molecule has 2 aliphatic rings. The second-order valence-corrected chi connectivity index (χ2v) is 8.36. The molecule has 1 saturated carbocycles. The van der Waals surface area contributed by atoms with E-state index in [0.717, 1.165) is 54.4 Å². The molecule has 2 aromatic heterocycles. The number of amides is 1. The van der Waals surface area contributed by atoms with Crippen LogP contribution in [0.4, 0.5) is 5.82 Å². The Labute approximate surface area is 165 Å². The molecule has 3 heterocycles. The molecule has 2 atom stereocenters. The molecule has 0 spiro atoms. The quantitative estimate of drug-likeness (QED) is 0.884. The van der Waals surface area contributed by atoms with Gasteiger partial charge < -0.3 is 10.2 Å². The number of carbonyl (C=O) groups excluding carboxylic acids is 1. The normalized spacial score (nSPS) is 22.8. The number of pyridine rings is 1. The van der Waals surface area contributed by atoms with Crippen LogP contribution in [0.15, 0.2) is 18.2 Å². The summed E-state index contributed by atoms with van der Waals surface area (Å²) in [5.41, 5.74) is 3.06. The molecule has 7 nitrogen and oxygen atoms in total. The van der Waals surface area contributed by atoms with Crippen molar-refractivity contribution in [1.29, 1.82) is 5.26 Å². The van der Waals surface area contributed by atoms with Crippen molar-refractivity contribution in [2.45, 2.75) is 58.5 Å². The number of hydrogen-bond donors (Lipinski definition) is 1. The van der Waals surface area contributed by atoms with Crippen molar-refractivity contribution in [2.24, 2.45) is 5.92 Å². The van der Waals surface area contributed by atoms with Gasteiger partial charge in [0.15, 0.2) is 0 Å². The third-order valence-electron chi connectivity index (χ3n) is 5.56. The largest absolute Gasteiger partial charge is 0.344 e. The second kappa shape index (κ2) is 6.62. The van der Waals surface area contributed by atoms with Gasteiger partial charge in [0.25, 0.3) is 0 Å². The van der Waals surface area contributed by atoms with Crippen LogP contribution in [0.25, 0.3) is 5.69 Å². The Morgan fingerprint density at radius 3 is 2.50 bits per heavy atom. The van der Waals surface area contributed by atoms with Gasteiger partial charge in [0, 0.05) is 24.0 Å². The Balaban J connectivity index is 1.69. The molecule has 0 radical (unpaired) electrons. The Bertz CT molecular complexity index is 948. The lowest BCUT2D eigenvalue weighted by Gasteiger charge is -2.27. The molecular formula is C21H26N6O. The first kappa shape index (κ1) is 18.5. The number of aryl methyl sites for hydroxylation is 3. The van der Waals surface area contributed by atoms with E-state index in [-0.39, 0.29) is 11.9 Å². The minimum absolute atomic E-state index is 0.0594. The Morgan fingerprint density at radius 2 is 1.89 bits per heavy atom. The second-order valence-electron chi connectivity index (χ2n) is 8.36. The van der Waals surface area contributed by atoms with Crippen molar-refractivity contribution in [3.05, 3.63) is 35.3 Å². The number of aromatic nitrogens is 3. The summed E-state index contributed by atoms with van der Waals surface area (Å²) in [5, 5.41) is 17.0. The van der Waals surface area contributed by atoms with Gasteiger partial charge in [-0.3, -0.25) is 9.78 Å². The first-order valence-electron chi connectivity index (χ1n) is 9.82. The highest BCUT2D eigenvalue weighted by atomic mass is 16.2. The lowest BCUT2D eigenvalue weighted by molar-refractivity contribution is -0.122. The van der Waals surface area contributed by atoms with Gasteiger partial charge in [-0.05, 0) is 58.1 Å². The Morgan fingerprint density at radius 1 is 1.21 bits per heavy atom. The molecule has 0 aromatic carbocycles. The SMILES string of the molecule is Cc1cc(-n2nc(C)cc2N2C[C@H](C)C[C@H]2C(=O)NC2(C#N)CC2)cc(C)n1. The van der Waals surface area contributed by atoms with Crippen LogP contribution in [0.5, 0.6) is 0 Å². The molecule has 7 heteroatoms. The van der Waals surface area contributed by atoms with E-state index in [1.807, 2.05) is 43.7 Å². The average Bonchev–Trinajstić information content (AvgIpc) is 3.11. The fourth-order valence-corrected chi connectivity index (χ4v) is 4.07. The van der Waals surface area contributed by atoms with Crippen molar-refractivity contribution in [3.8, 4) is 11.8 Å². The molecule has 1 saturated heterocycles. The monoisotopic (exact) mass is 378 g/mol. The van der Waals surface area contributed by atoms with Crippen LogP contribution in [0.3, 0.4) is 0 Å². The van der Waals surface area contributed by atoms with E-state index < -0.39 is 5.54 Å². The van der Waals surface area contributed by atoms with E-state index >= 15 is 0 Å². The zero-order valence-corrected chi connectivity index (χ0v) is 16.9. The van der Waals surface area contributed by atoms with Crippen LogP contribution < -0.4 is 10.2 Å². The van der Waals surface area contributed by atoms with Crippen molar-refractivity contribution < 1.29 is 4.79 Å². The minimum Gasteiger partial charge on any atom is -0.344 e. The Hall–Kier alpha value is -2.88. The van der Waals surface area contributed by atoms with Crippen molar-refractivity contribution >= 4 is 11.7 Å². The standard InChI is InChI=1S/C21H26N6O/c1-13-7-18(20(28)24-21(12-22)5-6-21)26(11-13)19-10-16(4)25-27(19)17-8-14(2)23-15(3)9-17/h8-10,13,18H,5-7,11H2,1-4H3,(H,24,28)/t13-,18+/m1/s1. The molecule has 0 bridgehead atoms. The number of carbonyl (C=O) groups is 1. The fourth-order valence-electron chi connectivity index (χ4n) is 4.07. The highest BCUT2D eigenvalue weighted by Gasteiger charge is 2.47. The van der Waals surface area contributed by atoms with E-state index in [9.17, 15) is 10.1 Å². The van der Waals surface area contributed by atoms with Crippen molar-refractivity contribution in [3.63, 3.8) is 0 Å². The van der Waals surface area contributed by atoms with E-state index in [2.05, 4.69) is 28.2 Å². The van der Waals surface area contributed by atoms with E-state index in [0.29, 0.717) is 5.92 Å². The molecule has 1 amide bonds. The summed E-state index contributed by atoms with van der Waals surface area (Å²) in [6.45, 7) is 8.84. The maximum atomic E-state index is 13.0.